The Labute approximate surface area is 117 Å². The summed E-state index contributed by atoms with van der Waals surface area (Å²) >= 11 is 0. The summed E-state index contributed by atoms with van der Waals surface area (Å²) in [5.41, 5.74) is 1.98. The quantitative estimate of drug-likeness (QED) is 0.838. The summed E-state index contributed by atoms with van der Waals surface area (Å²) in [5, 5.41) is 3.57. The molecule has 3 heterocycles. The van der Waals surface area contributed by atoms with Gasteiger partial charge < -0.3 is 19.8 Å². The van der Waals surface area contributed by atoms with Gasteiger partial charge >= 0.3 is 0 Å². The van der Waals surface area contributed by atoms with Crippen LogP contribution in [0.5, 0.6) is 11.5 Å². The van der Waals surface area contributed by atoms with E-state index in [-0.39, 0.29) is 0 Å². The molecule has 20 heavy (non-hydrogen) atoms. The van der Waals surface area contributed by atoms with E-state index >= 15 is 0 Å². The van der Waals surface area contributed by atoms with Crippen molar-refractivity contribution in [2.45, 2.75) is 31.7 Å². The zero-order chi connectivity index (χ0) is 13.4. The largest absolute Gasteiger partial charge is 0.486 e. The Bertz CT molecular complexity index is 572. The highest BCUT2D eigenvalue weighted by Gasteiger charge is 2.19. The molecule has 2 aromatic rings. The highest BCUT2D eigenvalue weighted by atomic mass is 16.6. The van der Waals surface area contributed by atoms with E-state index < -0.39 is 0 Å². The summed E-state index contributed by atoms with van der Waals surface area (Å²) in [4.78, 5) is 8.17. The molecular weight excluding hydrogens is 254 g/mol. The van der Waals surface area contributed by atoms with Gasteiger partial charge in [-0.1, -0.05) is 12.8 Å². The molecule has 2 N–H and O–H groups in total. The Balaban J connectivity index is 1.70. The number of aromatic amines is 1. The molecule has 1 atom stereocenters. The van der Waals surface area contributed by atoms with Crippen molar-refractivity contribution in [2.75, 3.05) is 19.8 Å². The SMILES string of the molecule is c1c2c(cc3[nH]c(C4CCCCCN4)nc13)OCCO2. The molecule has 0 amide bonds. The van der Waals surface area contributed by atoms with E-state index in [0.717, 1.165) is 41.3 Å². The molecule has 106 valence electrons. The first kappa shape index (κ1) is 12.0. The molecule has 1 unspecified atom stereocenters. The average Bonchev–Trinajstić information content (AvgIpc) is 2.71. The fraction of sp³-hybridized carbons (Fsp3) is 0.533. The third kappa shape index (κ3) is 2.12. The van der Waals surface area contributed by atoms with Gasteiger partial charge in [0.15, 0.2) is 11.5 Å². The monoisotopic (exact) mass is 273 g/mol. The van der Waals surface area contributed by atoms with Gasteiger partial charge in [-0.2, -0.15) is 0 Å². The number of benzene rings is 1. The van der Waals surface area contributed by atoms with Crippen LogP contribution in [0.2, 0.25) is 0 Å². The second-order valence-electron chi connectivity index (χ2n) is 5.49. The van der Waals surface area contributed by atoms with Gasteiger partial charge in [-0.15, -0.1) is 0 Å². The Kier molecular flexibility index (Phi) is 2.99. The molecule has 1 fully saturated rings. The molecule has 1 saturated heterocycles. The molecular formula is C15H19N3O2. The van der Waals surface area contributed by atoms with Gasteiger partial charge in [-0.05, 0) is 19.4 Å². The number of hydrogen-bond acceptors (Lipinski definition) is 4. The zero-order valence-electron chi connectivity index (χ0n) is 11.4. The molecule has 1 aromatic carbocycles. The first-order chi connectivity index (χ1) is 9.90. The molecule has 0 saturated carbocycles. The lowest BCUT2D eigenvalue weighted by Crippen LogP contribution is -2.21. The van der Waals surface area contributed by atoms with Gasteiger partial charge in [0.25, 0.3) is 0 Å². The van der Waals surface area contributed by atoms with E-state index in [1.54, 1.807) is 0 Å². The number of hydrogen-bond donors (Lipinski definition) is 2. The first-order valence-corrected chi connectivity index (χ1v) is 7.43. The number of nitrogens with zero attached hydrogens (tertiary/aromatic N) is 1. The van der Waals surface area contributed by atoms with Crippen molar-refractivity contribution in [3.05, 3.63) is 18.0 Å². The van der Waals surface area contributed by atoms with Crippen molar-refractivity contribution >= 4 is 11.0 Å². The number of imidazole rings is 1. The van der Waals surface area contributed by atoms with Crippen LogP contribution < -0.4 is 14.8 Å². The fourth-order valence-electron chi connectivity index (χ4n) is 2.99. The van der Waals surface area contributed by atoms with Crippen LogP contribution >= 0.6 is 0 Å². The van der Waals surface area contributed by atoms with Crippen molar-refractivity contribution in [2.24, 2.45) is 0 Å². The van der Waals surface area contributed by atoms with Crippen LogP contribution in [0.4, 0.5) is 0 Å². The number of nitrogens with one attached hydrogen (secondary N) is 2. The maximum Gasteiger partial charge on any atom is 0.163 e. The van der Waals surface area contributed by atoms with Crippen LogP contribution in [-0.4, -0.2) is 29.7 Å². The van der Waals surface area contributed by atoms with Gasteiger partial charge in [-0.25, -0.2) is 4.98 Å². The van der Waals surface area contributed by atoms with Crippen LogP contribution in [0, 0.1) is 0 Å². The maximum absolute atomic E-state index is 5.62. The standard InChI is InChI=1S/C15H19N3O2/c1-2-4-10(16-5-3-1)15-17-11-8-13-14(9-12(11)18-15)20-7-6-19-13/h8-10,16H,1-7H2,(H,17,18). The fourth-order valence-corrected chi connectivity index (χ4v) is 2.99. The third-order valence-electron chi connectivity index (χ3n) is 4.05. The molecule has 0 aliphatic carbocycles. The van der Waals surface area contributed by atoms with Gasteiger partial charge in [0.05, 0.1) is 17.1 Å². The molecule has 0 radical (unpaired) electrons. The van der Waals surface area contributed by atoms with Crippen molar-refractivity contribution in [3.63, 3.8) is 0 Å². The lowest BCUT2D eigenvalue weighted by molar-refractivity contribution is 0.172. The topological polar surface area (TPSA) is 59.2 Å². The van der Waals surface area contributed by atoms with E-state index in [1.165, 1.54) is 19.3 Å². The molecule has 0 spiro atoms. The minimum atomic E-state index is 0.337. The van der Waals surface area contributed by atoms with Crippen molar-refractivity contribution in [1.82, 2.24) is 15.3 Å². The van der Waals surface area contributed by atoms with Crippen LogP contribution in [-0.2, 0) is 0 Å². The van der Waals surface area contributed by atoms with Crippen LogP contribution in [0.1, 0.15) is 37.5 Å². The first-order valence-electron chi connectivity index (χ1n) is 7.43. The van der Waals surface area contributed by atoms with E-state index in [0.29, 0.717) is 19.3 Å². The van der Waals surface area contributed by atoms with E-state index in [1.807, 2.05) is 12.1 Å². The predicted octanol–water partition coefficient (Wildman–Crippen LogP) is 2.54. The summed E-state index contributed by atoms with van der Waals surface area (Å²) < 4.78 is 11.2. The van der Waals surface area contributed by atoms with Gasteiger partial charge in [0.1, 0.15) is 19.0 Å². The van der Waals surface area contributed by atoms with Crippen molar-refractivity contribution < 1.29 is 9.47 Å². The summed E-state index contributed by atoms with van der Waals surface area (Å²) in [7, 11) is 0. The minimum Gasteiger partial charge on any atom is -0.486 e. The lowest BCUT2D eigenvalue weighted by Gasteiger charge is -2.17. The Morgan fingerprint density at radius 2 is 1.90 bits per heavy atom. The van der Waals surface area contributed by atoms with E-state index in [4.69, 9.17) is 14.5 Å². The van der Waals surface area contributed by atoms with Crippen LogP contribution in [0.15, 0.2) is 12.1 Å². The second-order valence-corrected chi connectivity index (χ2v) is 5.49. The molecule has 4 rings (SSSR count). The van der Waals surface area contributed by atoms with Gasteiger partial charge in [-0.3, -0.25) is 0 Å². The minimum absolute atomic E-state index is 0.337. The second kappa shape index (κ2) is 4.98. The summed E-state index contributed by atoms with van der Waals surface area (Å²) in [6.45, 7) is 2.30. The molecule has 0 bridgehead atoms. The van der Waals surface area contributed by atoms with Gasteiger partial charge in [0, 0.05) is 12.1 Å². The summed E-state index contributed by atoms with van der Waals surface area (Å²) in [6.07, 6.45) is 4.97. The van der Waals surface area contributed by atoms with Crippen molar-refractivity contribution in [3.8, 4) is 11.5 Å². The van der Waals surface area contributed by atoms with E-state index in [9.17, 15) is 0 Å². The van der Waals surface area contributed by atoms with Crippen LogP contribution in [0.25, 0.3) is 11.0 Å². The molecule has 5 heteroatoms. The molecule has 1 aromatic heterocycles. The maximum atomic E-state index is 5.62. The predicted molar refractivity (Wildman–Crippen MR) is 76.3 cm³/mol. The smallest absolute Gasteiger partial charge is 0.163 e. The number of aromatic nitrogens is 2. The Morgan fingerprint density at radius 1 is 1.05 bits per heavy atom. The number of fused-ring (bicyclic) bond motifs is 2. The molecule has 2 aliphatic rings. The Hall–Kier alpha value is -1.75. The van der Waals surface area contributed by atoms with E-state index in [2.05, 4.69) is 10.3 Å². The third-order valence-corrected chi connectivity index (χ3v) is 4.05. The van der Waals surface area contributed by atoms with Gasteiger partial charge in [0.2, 0.25) is 0 Å². The normalized spacial score (nSPS) is 22.7. The molecule has 2 aliphatic heterocycles. The zero-order valence-corrected chi connectivity index (χ0v) is 11.4. The number of H-pyrrole nitrogens is 1. The number of ether oxygens (including phenoxy) is 2. The highest BCUT2D eigenvalue weighted by molar-refractivity contribution is 5.80. The average molecular weight is 273 g/mol. The van der Waals surface area contributed by atoms with Crippen molar-refractivity contribution in [1.29, 1.82) is 0 Å². The summed E-state index contributed by atoms with van der Waals surface area (Å²) in [6, 6.07) is 4.31. The Morgan fingerprint density at radius 3 is 2.80 bits per heavy atom. The lowest BCUT2D eigenvalue weighted by atomic mass is 10.1. The number of rotatable bonds is 1. The molecule has 5 nitrogen and oxygen atoms in total. The highest BCUT2D eigenvalue weighted by Crippen LogP contribution is 2.34. The summed E-state index contributed by atoms with van der Waals surface area (Å²) in [5.74, 6) is 2.65. The van der Waals surface area contributed by atoms with Crippen LogP contribution in [0.3, 0.4) is 0 Å².